The van der Waals surface area contributed by atoms with Crippen molar-refractivity contribution in [2.45, 2.75) is 31.6 Å². The van der Waals surface area contributed by atoms with Gasteiger partial charge in [-0.3, -0.25) is 9.69 Å². The Bertz CT molecular complexity index is 1020. The summed E-state index contributed by atoms with van der Waals surface area (Å²) in [6.07, 6.45) is 2.72. The van der Waals surface area contributed by atoms with E-state index >= 15 is 0 Å². The van der Waals surface area contributed by atoms with Gasteiger partial charge in [-0.1, -0.05) is 63.6 Å². The standard InChI is InChI=1S/C25H29BrN4O2S/c26-22-9-4-8-21(16-22)24-28-23(32-29-24)17-30-13-10-20(11-14-30)25(31)27-12-5-15-33-18-19-6-2-1-3-7-19/h1-4,6-9,16,20H,5,10-15,17-18H2,(H,27,31). The second-order valence-electron chi connectivity index (χ2n) is 8.26. The molecule has 0 atom stereocenters. The van der Waals surface area contributed by atoms with E-state index in [1.807, 2.05) is 42.1 Å². The van der Waals surface area contributed by atoms with Gasteiger partial charge in [-0.05, 0) is 55.8 Å². The molecular weight excluding hydrogens is 500 g/mol. The third-order valence-corrected chi connectivity index (χ3v) is 7.35. The van der Waals surface area contributed by atoms with Crippen molar-refractivity contribution in [2.24, 2.45) is 5.92 Å². The first-order valence-electron chi connectivity index (χ1n) is 11.4. The van der Waals surface area contributed by atoms with Gasteiger partial charge in [0.25, 0.3) is 0 Å². The third-order valence-electron chi connectivity index (χ3n) is 5.74. The van der Waals surface area contributed by atoms with Gasteiger partial charge >= 0.3 is 0 Å². The van der Waals surface area contributed by atoms with Gasteiger partial charge < -0.3 is 9.84 Å². The monoisotopic (exact) mass is 528 g/mol. The first kappa shape index (κ1) is 24.0. The van der Waals surface area contributed by atoms with E-state index in [-0.39, 0.29) is 11.8 Å². The van der Waals surface area contributed by atoms with Gasteiger partial charge in [0, 0.05) is 28.3 Å². The van der Waals surface area contributed by atoms with Crippen molar-refractivity contribution in [1.29, 1.82) is 0 Å². The molecule has 33 heavy (non-hydrogen) atoms. The predicted molar refractivity (Wildman–Crippen MR) is 136 cm³/mol. The Morgan fingerprint density at radius 2 is 1.97 bits per heavy atom. The van der Waals surface area contributed by atoms with Gasteiger partial charge in [0.15, 0.2) is 0 Å². The summed E-state index contributed by atoms with van der Waals surface area (Å²) in [4.78, 5) is 19.3. The third kappa shape index (κ3) is 7.42. The van der Waals surface area contributed by atoms with Gasteiger partial charge in [-0.2, -0.15) is 16.7 Å². The molecule has 0 bridgehead atoms. The Morgan fingerprint density at radius 3 is 2.76 bits per heavy atom. The van der Waals surface area contributed by atoms with E-state index in [9.17, 15) is 4.79 Å². The molecular formula is C25H29BrN4O2S. The van der Waals surface area contributed by atoms with E-state index in [0.29, 0.717) is 18.3 Å². The number of thioether (sulfide) groups is 1. The average molecular weight is 530 g/mol. The van der Waals surface area contributed by atoms with Crippen LogP contribution in [0.2, 0.25) is 0 Å². The SMILES string of the molecule is O=C(NCCCSCc1ccccc1)C1CCN(Cc2nc(-c3cccc(Br)c3)no2)CC1. The topological polar surface area (TPSA) is 71.3 Å². The largest absolute Gasteiger partial charge is 0.356 e. The second-order valence-corrected chi connectivity index (χ2v) is 10.3. The molecule has 1 amide bonds. The van der Waals surface area contributed by atoms with E-state index in [4.69, 9.17) is 4.52 Å². The maximum atomic E-state index is 12.5. The van der Waals surface area contributed by atoms with Crippen LogP contribution in [0.15, 0.2) is 63.6 Å². The number of rotatable bonds is 10. The van der Waals surface area contributed by atoms with Crippen LogP contribution in [-0.2, 0) is 17.1 Å². The quantitative estimate of drug-likeness (QED) is 0.367. The Hall–Kier alpha value is -2.16. The predicted octanol–water partition coefficient (Wildman–Crippen LogP) is 5.15. The lowest BCUT2D eigenvalue weighted by Gasteiger charge is -2.30. The summed E-state index contributed by atoms with van der Waals surface area (Å²) < 4.78 is 6.43. The summed E-state index contributed by atoms with van der Waals surface area (Å²) in [6.45, 7) is 3.09. The maximum Gasteiger partial charge on any atom is 0.241 e. The summed E-state index contributed by atoms with van der Waals surface area (Å²) in [5, 5.41) is 7.24. The lowest BCUT2D eigenvalue weighted by molar-refractivity contribution is -0.126. The van der Waals surface area contributed by atoms with Crippen molar-refractivity contribution in [3.63, 3.8) is 0 Å². The molecule has 4 rings (SSSR count). The molecule has 0 aliphatic carbocycles. The Kier molecular flexibility index (Phi) is 8.97. The fraction of sp³-hybridized carbons (Fsp3) is 0.400. The summed E-state index contributed by atoms with van der Waals surface area (Å²) in [7, 11) is 0. The van der Waals surface area contributed by atoms with Crippen LogP contribution < -0.4 is 5.32 Å². The first-order chi connectivity index (χ1) is 16.2. The molecule has 1 aromatic heterocycles. The summed E-state index contributed by atoms with van der Waals surface area (Å²) in [6, 6.07) is 18.4. The van der Waals surface area contributed by atoms with Crippen molar-refractivity contribution < 1.29 is 9.32 Å². The molecule has 2 heterocycles. The fourth-order valence-corrected chi connectivity index (χ4v) is 5.22. The molecule has 1 aliphatic heterocycles. The molecule has 0 spiro atoms. The summed E-state index contributed by atoms with van der Waals surface area (Å²) >= 11 is 5.39. The first-order valence-corrected chi connectivity index (χ1v) is 13.3. The van der Waals surface area contributed by atoms with Crippen LogP contribution in [0, 0.1) is 5.92 Å². The van der Waals surface area contributed by atoms with Crippen LogP contribution in [0.1, 0.15) is 30.7 Å². The molecule has 0 saturated carbocycles. The van der Waals surface area contributed by atoms with E-state index < -0.39 is 0 Å². The van der Waals surface area contributed by atoms with Crippen LogP contribution in [0.4, 0.5) is 0 Å². The molecule has 1 N–H and O–H groups in total. The summed E-state index contributed by atoms with van der Waals surface area (Å²) in [5.74, 6) is 3.58. The average Bonchev–Trinajstić information content (AvgIpc) is 3.31. The highest BCUT2D eigenvalue weighted by atomic mass is 79.9. The number of halogens is 1. The highest BCUT2D eigenvalue weighted by Crippen LogP contribution is 2.22. The molecule has 6 nitrogen and oxygen atoms in total. The molecule has 8 heteroatoms. The highest BCUT2D eigenvalue weighted by Gasteiger charge is 2.25. The Labute approximate surface area is 207 Å². The fourth-order valence-electron chi connectivity index (χ4n) is 3.90. The number of hydrogen-bond donors (Lipinski definition) is 1. The number of hydrogen-bond acceptors (Lipinski definition) is 6. The Morgan fingerprint density at radius 1 is 1.15 bits per heavy atom. The summed E-state index contributed by atoms with van der Waals surface area (Å²) in [5.41, 5.74) is 2.27. The zero-order valence-corrected chi connectivity index (χ0v) is 21.0. The smallest absolute Gasteiger partial charge is 0.241 e. The molecule has 2 aromatic carbocycles. The number of carbonyl (C=O) groups is 1. The van der Waals surface area contributed by atoms with Gasteiger partial charge in [-0.25, -0.2) is 0 Å². The van der Waals surface area contributed by atoms with Crippen molar-refractivity contribution in [1.82, 2.24) is 20.4 Å². The van der Waals surface area contributed by atoms with Crippen LogP contribution in [0.3, 0.4) is 0 Å². The van der Waals surface area contributed by atoms with E-state index in [0.717, 1.165) is 60.4 Å². The normalized spacial score (nSPS) is 14.9. The van der Waals surface area contributed by atoms with Gasteiger partial charge in [0.2, 0.25) is 17.6 Å². The molecule has 1 fully saturated rings. The number of piperidine rings is 1. The number of nitrogens with one attached hydrogen (secondary N) is 1. The van der Waals surface area contributed by atoms with Gasteiger partial charge in [-0.15, -0.1) is 0 Å². The van der Waals surface area contributed by atoms with E-state index in [1.165, 1.54) is 5.56 Å². The number of aromatic nitrogens is 2. The van der Waals surface area contributed by atoms with Crippen LogP contribution in [0.25, 0.3) is 11.4 Å². The molecule has 0 radical (unpaired) electrons. The number of carbonyl (C=O) groups excluding carboxylic acids is 1. The van der Waals surface area contributed by atoms with Gasteiger partial charge in [0.05, 0.1) is 6.54 Å². The minimum atomic E-state index is 0.0955. The number of amides is 1. The van der Waals surface area contributed by atoms with Crippen LogP contribution in [0.5, 0.6) is 0 Å². The van der Waals surface area contributed by atoms with Gasteiger partial charge in [0.1, 0.15) is 0 Å². The van der Waals surface area contributed by atoms with Crippen molar-refractivity contribution in [2.75, 3.05) is 25.4 Å². The molecule has 174 valence electrons. The zero-order valence-electron chi connectivity index (χ0n) is 18.6. The molecule has 1 aliphatic rings. The maximum absolute atomic E-state index is 12.5. The number of benzene rings is 2. The van der Waals surface area contributed by atoms with Crippen molar-refractivity contribution in [3.05, 3.63) is 70.5 Å². The lowest BCUT2D eigenvalue weighted by Crippen LogP contribution is -2.40. The number of likely N-dealkylation sites (tertiary alicyclic amines) is 1. The zero-order chi connectivity index (χ0) is 22.9. The lowest BCUT2D eigenvalue weighted by atomic mass is 9.96. The highest BCUT2D eigenvalue weighted by molar-refractivity contribution is 9.10. The Balaban J connectivity index is 1.12. The van der Waals surface area contributed by atoms with Crippen molar-refractivity contribution >= 4 is 33.6 Å². The second kappa shape index (κ2) is 12.3. The molecule has 0 unspecified atom stereocenters. The molecule has 3 aromatic rings. The van der Waals surface area contributed by atoms with E-state index in [1.54, 1.807) is 0 Å². The minimum absolute atomic E-state index is 0.0955. The van der Waals surface area contributed by atoms with Crippen LogP contribution >= 0.6 is 27.7 Å². The van der Waals surface area contributed by atoms with Crippen LogP contribution in [-0.4, -0.2) is 46.3 Å². The van der Waals surface area contributed by atoms with E-state index in [2.05, 4.69) is 60.6 Å². The molecule has 1 saturated heterocycles. The number of nitrogens with zero attached hydrogens (tertiary/aromatic N) is 3. The minimum Gasteiger partial charge on any atom is -0.356 e. The van der Waals surface area contributed by atoms with Crippen molar-refractivity contribution in [3.8, 4) is 11.4 Å².